The summed E-state index contributed by atoms with van der Waals surface area (Å²) in [5, 5.41) is 0. The van der Waals surface area contributed by atoms with E-state index in [2.05, 4.69) is 24.3 Å². The van der Waals surface area contributed by atoms with E-state index in [4.69, 9.17) is 9.47 Å². The van der Waals surface area contributed by atoms with Crippen molar-refractivity contribution < 1.29 is 14.3 Å². The van der Waals surface area contributed by atoms with Crippen LogP contribution < -0.4 is 9.64 Å². The average molecular weight is 335 g/mol. The first-order valence-electron chi connectivity index (χ1n) is 8.59. The summed E-state index contributed by atoms with van der Waals surface area (Å²) in [5.41, 5.74) is 1.30. The van der Waals surface area contributed by atoms with Gasteiger partial charge in [0, 0.05) is 12.3 Å². The van der Waals surface area contributed by atoms with E-state index in [0.29, 0.717) is 6.61 Å². The molecule has 1 spiro atoms. The van der Waals surface area contributed by atoms with Crippen LogP contribution in [0.2, 0.25) is 0 Å². The van der Waals surface area contributed by atoms with Crippen molar-refractivity contribution in [3.8, 4) is 5.75 Å². The third-order valence-corrected chi connectivity index (χ3v) is 5.01. The number of nitrogens with zero attached hydrogens (tertiary/aromatic N) is 1. The van der Waals surface area contributed by atoms with Gasteiger partial charge in [-0.15, -0.1) is 0 Å². The van der Waals surface area contributed by atoms with E-state index in [9.17, 15) is 4.79 Å². The zero-order valence-corrected chi connectivity index (χ0v) is 14.2. The van der Waals surface area contributed by atoms with Crippen LogP contribution >= 0.6 is 0 Å². The van der Waals surface area contributed by atoms with Crippen molar-refractivity contribution in [2.24, 2.45) is 0 Å². The summed E-state index contributed by atoms with van der Waals surface area (Å²) in [6.45, 7) is 0.651. The largest absolute Gasteiger partial charge is 0.497 e. The fourth-order valence-electron chi connectivity index (χ4n) is 3.69. The zero-order valence-electron chi connectivity index (χ0n) is 14.2. The smallest absolute Gasteiger partial charge is 0.262 e. The molecule has 2 atom stereocenters. The SMILES string of the molecule is COc1ccc(N2C(=O)[C@]3(CCCO3)[C@@H]2/C=C/c2ccccc2)cc1. The van der Waals surface area contributed by atoms with Crippen LogP contribution in [0, 0.1) is 0 Å². The molecule has 2 aliphatic rings. The van der Waals surface area contributed by atoms with Crippen LogP contribution in [-0.4, -0.2) is 31.3 Å². The number of carbonyl (C=O) groups excluding carboxylic acids is 1. The predicted octanol–water partition coefficient (Wildman–Crippen LogP) is 3.67. The number of amides is 1. The molecular formula is C21H21NO3. The number of methoxy groups -OCH3 is 1. The first-order chi connectivity index (χ1) is 12.2. The number of rotatable bonds is 4. The van der Waals surface area contributed by atoms with Gasteiger partial charge in [-0.05, 0) is 42.7 Å². The van der Waals surface area contributed by atoms with Gasteiger partial charge >= 0.3 is 0 Å². The molecule has 0 saturated carbocycles. The van der Waals surface area contributed by atoms with E-state index in [1.165, 1.54) is 0 Å². The number of anilines is 1. The minimum absolute atomic E-state index is 0.0536. The molecule has 25 heavy (non-hydrogen) atoms. The molecule has 4 rings (SSSR count). The summed E-state index contributed by atoms with van der Waals surface area (Å²) in [5.74, 6) is 0.831. The number of β-lactam (4-membered cyclic amide) rings is 1. The summed E-state index contributed by atoms with van der Waals surface area (Å²) < 4.78 is 11.1. The molecule has 128 valence electrons. The van der Waals surface area contributed by atoms with Crippen molar-refractivity contribution >= 4 is 17.7 Å². The van der Waals surface area contributed by atoms with Crippen LogP contribution in [0.25, 0.3) is 6.08 Å². The molecule has 2 aromatic rings. The molecule has 4 heteroatoms. The summed E-state index contributed by atoms with van der Waals surface area (Å²) >= 11 is 0. The third-order valence-electron chi connectivity index (χ3n) is 5.01. The van der Waals surface area contributed by atoms with Gasteiger partial charge in [0.2, 0.25) is 0 Å². The van der Waals surface area contributed by atoms with Crippen LogP contribution in [0.1, 0.15) is 18.4 Å². The minimum Gasteiger partial charge on any atom is -0.497 e. The Morgan fingerprint density at radius 2 is 1.92 bits per heavy atom. The molecule has 0 aromatic heterocycles. The van der Waals surface area contributed by atoms with Gasteiger partial charge in [0.05, 0.1) is 13.2 Å². The standard InChI is InChI=1S/C21H21NO3/c1-24-18-11-9-17(10-12-18)22-19(13-8-16-6-3-2-4-7-16)21(20(22)23)14-5-15-25-21/h2-4,6-13,19H,5,14-15H2,1H3/b13-8+/t19-,21-/m0/s1. The molecule has 2 aromatic carbocycles. The first kappa shape index (κ1) is 15.9. The number of benzene rings is 2. The topological polar surface area (TPSA) is 38.8 Å². The third kappa shape index (κ3) is 2.63. The molecule has 2 heterocycles. The van der Waals surface area contributed by atoms with Crippen LogP contribution in [0.5, 0.6) is 5.75 Å². The lowest BCUT2D eigenvalue weighted by Crippen LogP contribution is -2.73. The first-order valence-corrected chi connectivity index (χ1v) is 8.59. The quantitative estimate of drug-likeness (QED) is 0.800. The Labute approximate surface area is 147 Å². The van der Waals surface area contributed by atoms with Gasteiger partial charge in [0.15, 0.2) is 5.60 Å². The highest BCUT2D eigenvalue weighted by Crippen LogP contribution is 2.45. The summed E-state index contributed by atoms with van der Waals surface area (Å²) in [6, 6.07) is 17.6. The molecule has 2 aliphatic heterocycles. The van der Waals surface area contributed by atoms with Crippen molar-refractivity contribution in [3.05, 3.63) is 66.2 Å². The number of ether oxygens (including phenoxy) is 2. The van der Waals surface area contributed by atoms with Gasteiger partial charge in [-0.2, -0.15) is 0 Å². The monoisotopic (exact) mass is 335 g/mol. The number of carbonyl (C=O) groups is 1. The average Bonchev–Trinajstić information content (AvgIpc) is 3.18. The van der Waals surface area contributed by atoms with Crippen molar-refractivity contribution in [3.63, 3.8) is 0 Å². The Morgan fingerprint density at radius 1 is 1.16 bits per heavy atom. The van der Waals surface area contributed by atoms with E-state index in [1.54, 1.807) is 7.11 Å². The molecule has 4 nitrogen and oxygen atoms in total. The highest BCUT2D eigenvalue weighted by Gasteiger charge is 2.62. The van der Waals surface area contributed by atoms with Crippen LogP contribution in [0.3, 0.4) is 0 Å². The van der Waals surface area contributed by atoms with E-state index in [0.717, 1.165) is 29.8 Å². The van der Waals surface area contributed by atoms with Gasteiger partial charge < -0.3 is 9.47 Å². The van der Waals surface area contributed by atoms with Gasteiger partial charge in [0.25, 0.3) is 5.91 Å². The molecule has 1 amide bonds. The Kier molecular flexibility index (Phi) is 4.06. The number of hydrogen-bond acceptors (Lipinski definition) is 3. The molecule has 2 saturated heterocycles. The Morgan fingerprint density at radius 3 is 2.56 bits per heavy atom. The molecule has 0 aliphatic carbocycles. The van der Waals surface area contributed by atoms with Gasteiger partial charge in [-0.1, -0.05) is 42.5 Å². The van der Waals surface area contributed by atoms with Crippen molar-refractivity contribution in [2.45, 2.75) is 24.5 Å². The molecule has 0 bridgehead atoms. The molecule has 2 fully saturated rings. The normalized spacial score (nSPS) is 25.6. The second-order valence-electron chi connectivity index (χ2n) is 6.43. The Hall–Kier alpha value is -2.59. The van der Waals surface area contributed by atoms with E-state index < -0.39 is 5.60 Å². The van der Waals surface area contributed by atoms with E-state index in [-0.39, 0.29) is 11.9 Å². The van der Waals surface area contributed by atoms with Crippen LogP contribution in [0.4, 0.5) is 5.69 Å². The highest BCUT2D eigenvalue weighted by atomic mass is 16.5. The Balaban J connectivity index is 1.65. The Bertz CT molecular complexity index is 777. The molecule has 0 N–H and O–H groups in total. The van der Waals surface area contributed by atoms with Gasteiger partial charge in [-0.3, -0.25) is 9.69 Å². The van der Waals surface area contributed by atoms with Crippen LogP contribution in [-0.2, 0) is 9.53 Å². The van der Waals surface area contributed by atoms with Crippen LogP contribution in [0.15, 0.2) is 60.7 Å². The molecule has 0 unspecified atom stereocenters. The van der Waals surface area contributed by atoms with E-state index >= 15 is 0 Å². The lowest BCUT2D eigenvalue weighted by Gasteiger charge is -2.52. The fraction of sp³-hybridized carbons (Fsp3) is 0.286. The maximum atomic E-state index is 12.9. The van der Waals surface area contributed by atoms with Crippen molar-refractivity contribution in [1.29, 1.82) is 0 Å². The van der Waals surface area contributed by atoms with Gasteiger partial charge in [0.1, 0.15) is 5.75 Å². The zero-order chi connectivity index (χ0) is 17.3. The fourth-order valence-corrected chi connectivity index (χ4v) is 3.69. The maximum Gasteiger partial charge on any atom is 0.262 e. The summed E-state index contributed by atoms with van der Waals surface area (Å²) in [6.07, 6.45) is 5.86. The van der Waals surface area contributed by atoms with Gasteiger partial charge in [-0.25, -0.2) is 0 Å². The van der Waals surface area contributed by atoms with Crippen molar-refractivity contribution in [1.82, 2.24) is 0 Å². The molecule has 0 radical (unpaired) electrons. The lowest BCUT2D eigenvalue weighted by molar-refractivity contribution is -0.152. The summed E-state index contributed by atoms with van der Waals surface area (Å²) in [4.78, 5) is 14.7. The predicted molar refractivity (Wildman–Crippen MR) is 97.7 cm³/mol. The second kappa shape index (κ2) is 6.37. The minimum atomic E-state index is -0.689. The number of hydrogen-bond donors (Lipinski definition) is 0. The molecular weight excluding hydrogens is 314 g/mol. The lowest BCUT2D eigenvalue weighted by atomic mass is 9.79. The van der Waals surface area contributed by atoms with E-state index in [1.807, 2.05) is 47.4 Å². The highest BCUT2D eigenvalue weighted by molar-refractivity contribution is 6.09. The summed E-state index contributed by atoms with van der Waals surface area (Å²) in [7, 11) is 1.64. The second-order valence-corrected chi connectivity index (χ2v) is 6.43. The maximum absolute atomic E-state index is 12.9. The van der Waals surface area contributed by atoms with Crippen molar-refractivity contribution in [2.75, 3.05) is 18.6 Å².